The van der Waals surface area contributed by atoms with E-state index in [4.69, 9.17) is 23.2 Å². The molecule has 1 aromatic carbocycles. The summed E-state index contributed by atoms with van der Waals surface area (Å²) in [6, 6.07) is 4.39. The molecule has 2 rings (SSSR count). The van der Waals surface area contributed by atoms with E-state index in [2.05, 4.69) is 20.8 Å². The number of aromatic nitrogens is 2. The molecular weight excluding hydrogens is 275 g/mol. The van der Waals surface area contributed by atoms with Crippen molar-refractivity contribution in [3.05, 3.63) is 40.0 Å². The monoisotopic (exact) mass is 284 g/mol. The minimum absolute atomic E-state index is 0.402. The highest BCUT2D eigenvalue weighted by Gasteiger charge is 2.07. The molecule has 0 aliphatic rings. The molecule has 2 aromatic rings. The van der Waals surface area contributed by atoms with E-state index in [1.165, 1.54) is 0 Å². The number of nitrogens with zero attached hydrogens (tertiary/aromatic N) is 1. The van der Waals surface area contributed by atoms with Crippen LogP contribution in [0.3, 0.4) is 0 Å². The Labute approximate surface area is 113 Å². The molecule has 94 valence electrons. The maximum atomic E-state index is 11.7. The summed E-state index contributed by atoms with van der Waals surface area (Å²) in [5.74, 6) is 0.542. The maximum absolute atomic E-state index is 11.7. The van der Waals surface area contributed by atoms with Crippen LogP contribution in [0.4, 0.5) is 16.3 Å². The topological polar surface area (TPSA) is 69.8 Å². The Hall–Kier alpha value is -1.72. The molecule has 0 unspecified atom stereocenters. The van der Waals surface area contributed by atoms with Crippen LogP contribution in [0.15, 0.2) is 24.4 Å². The fourth-order valence-electron chi connectivity index (χ4n) is 1.37. The van der Waals surface area contributed by atoms with Gasteiger partial charge < -0.3 is 5.32 Å². The lowest BCUT2D eigenvalue weighted by Gasteiger charge is -2.07. The number of carbonyl (C=O) groups excluding carboxylic acids is 1. The maximum Gasteiger partial charge on any atom is 0.324 e. The van der Waals surface area contributed by atoms with Crippen molar-refractivity contribution in [1.82, 2.24) is 10.2 Å². The highest BCUT2D eigenvalue weighted by atomic mass is 35.5. The first-order chi connectivity index (χ1) is 8.54. The first-order valence-electron chi connectivity index (χ1n) is 5.08. The summed E-state index contributed by atoms with van der Waals surface area (Å²) in [5, 5.41) is 12.6. The molecule has 0 bridgehead atoms. The number of rotatable bonds is 2. The van der Waals surface area contributed by atoms with Gasteiger partial charge in [0.15, 0.2) is 0 Å². The van der Waals surface area contributed by atoms with Crippen LogP contribution < -0.4 is 10.6 Å². The number of H-pyrrole nitrogens is 1. The Morgan fingerprint density at radius 1 is 1.22 bits per heavy atom. The number of hydrogen-bond acceptors (Lipinski definition) is 2. The fraction of sp³-hybridized carbons (Fsp3) is 0.0909. The fourth-order valence-corrected chi connectivity index (χ4v) is 1.90. The number of urea groups is 1. The Bertz CT molecular complexity index is 562. The zero-order valence-corrected chi connectivity index (χ0v) is 10.9. The number of halogens is 2. The first kappa shape index (κ1) is 12.7. The molecule has 7 heteroatoms. The molecule has 1 heterocycles. The lowest BCUT2D eigenvalue weighted by Crippen LogP contribution is -2.20. The second-order valence-corrected chi connectivity index (χ2v) is 4.54. The highest BCUT2D eigenvalue weighted by molar-refractivity contribution is 6.35. The molecule has 0 spiro atoms. The van der Waals surface area contributed by atoms with Crippen molar-refractivity contribution in [3.63, 3.8) is 0 Å². The van der Waals surface area contributed by atoms with E-state index in [0.717, 1.165) is 5.56 Å². The molecule has 0 saturated heterocycles. The third kappa shape index (κ3) is 3.15. The van der Waals surface area contributed by atoms with Crippen molar-refractivity contribution in [3.8, 4) is 0 Å². The molecule has 1 aromatic heterocycles. The number of aromatic amines is 1. The van der Waals surface area contributed by atoms with E-state index in [9.17, 15) is 4.79 Å². The summed E-state index contributed by atoms with van der Waals surface area (Å²) in [6.07, 6.45) is 1.62. The summed E-state index contributed by atoms with van der Waals surface area (Å²) in [4.78, 5) is 11.7. The number of hydrogen-bond donors (Lipinski definition) is 3. The molecule has 0 saturated carbocycles. The van der Waals surface area contributed by atoms with E-state index in [1.807, 2.05) is 6.92 Å². The molecular formula is C11H10Cl2N4O. The van der Waals surface area contributed by atoms with Crippen LogP contribution in [0.5, 0.6) is 0 Å². The minimum Gasteiger partial charge on any atom is -0.308 e. The van der Waals surface area contributed by atoms with E-state index < -0.39 is 6.03 Å². The van der Waals surface area contributed by atoms with E-state index in [1.54, 1.807) is 24.4 Å². The summed E-state index contributed by atoms with van der Waals surface area (Å²) in [5.41, 5.74) is 1.36. The van der Waals surface area contributed by atoms with Crippen LogP contribution >= 0.6 is 23.2 Å². The molecule has 0 aliphatic carbocycles. The summed E-state index contributed by atoms with van der Waals surface area (Å²) in [6.45, 7) is 1.83. The quantitative estimate of drug-likeness (QED) is 0.787. The van der Waals surface area contributed by atoms with Crippen molar-refractivity contribution in [2.75, 3.05) is 10.6 Å². The molecule has 18 heavy (non-hydrogen) atoms. The van der Waals surface area contributed by atoms with Crippen molar-refractivity contribution in [2.24, 2.45) is 0 Å². The van der Waals surface area contributed by atoms with Gasteiger partial charge in [-0.05, 0) is 25.1 Å². The second kappa shape index (κ2) is 5.29. The average molecular weight is 285 g/mol. The number of amides is 2. The third-order valence-electron chi connectivity index (χ3n) is 2.19. The van der Waals surface area contributed by atoms with Gasteiger partial charge in [0.2, 0.25) is 0 Å². The van der Waals surface area contributed by atoms with Gasteiger partial charge in [-0.25, -0.2) is 4.79 Å². The average Bonchev–Trinajstić information content (AvgIpc) is 2.62. The first-order valence-corrected chi connectivity index (χ1v) is 5.84. The van der Waals surface area contributed by atoms with E-state index >= 15 is 0 Å². The molecule has 0 radical (unpaired) electrons. The van der Waals surface area contributed by atoms with Gasteiger partial charge in [0.05, 0.1) is 6.20 Å². The van der Waals surface area contributed by atoms with Gasteiger partial charge in [-0.3, -0.25) is 10.4 Å². The van der Waals surface area contributed by atoms with Crippen molar-refractivity contribution >= 4 is 40.7 Å². The lowest BCUT2D eigenvalue weighted by atomic mass is 10.3. The Morgan fingerprint density at radius 2 is 1.89 bits per heavy atom. The number of aryl methyl sites for hydroxylation is 1. The second-order valence-electron chi connectivity index (χ2n) is 3.67. The Kier molecular flexibility index (Phi) is 3.74. The summed E-state index contributed by atoms with van der Waals surface area (Å²) < 4.78 is 0. The largest absolute Gasteiger partial charge is 0.324 e. The van der Waals surface area contributed by atoms with Crippen LogP contribution in [-0.4, -0.2) is 16.2 Å². The molecule has 2 amide bonds. The molecule has 0 fully saturated rings. The van der Waals surface area contributed by atoms with E-state index in [0.29, 0.717) is 21.6 Å². The van der Waals surface area contributed by atoms with Gasteiger partial charge in [0.25, 0.3) is 0 Å². The predicted molar refractivity (Wildman–Crippen MR) is 72.4 cm³/mol. The number of carbonyl (C=O) groups is 1. The highest BCUT2D eigenvalue weighted by Crippen LogP contribution is 2.22. The SMILES string of the molecule is Cc1cn[nH]c1NC(=O)Nc1cc(Cl)cc(Cl)c1. The normalized spacial score (nSPS) is 10.2. The van der Waals surface area contributed by atoms with Crippen LogP contribution in [-0.2, 0) is 0 Å². The van der Waals surface area contributed by atoms with Gasteiger partial charge in [-0.15, -0.1) is 0 Å². The van der Waals surface area contributed by atoms with Crippen LogP contribution in [0.2, 0.25) is 10.0 Å². The molecule has 3 N–H and O–H groups in total. The van der Waals surface area contributed by atoms with Crippen LogP contribution in [0.1, 0.15) is 5.56 Å². The van der Waals surface area contributed by atoms with Gasteiger partial charge >= 0.3 is 6.03 Å². The van der Waals surface area contributed by atoms with Gasteiger partial charge in [0.1, 0.15) is 5.82 Å². The van der Waals surface area contributed by atoms with Crippen LogP contribution in [0, 0.1) is 6.92 Å². The zero-order chi connectivity index (χ0) is 13.1. The Balaban J connectivity index is 2.05. The molecule has 0 aliphatic heterocycles. The summed E-state index contributed by atoms with van der Waals surface area (Å²) >= 11 is 11.7. The molecule has 0 atom stereocenters. The van der Waals surface area contributed by atoms with Gasteiger partial charge in [-0.1, -0.05) is 23.2 Å². The van der Waals surface area contributed by atoms with E-state index in [-0.39, 0.29) is 0 Å². The summed E-state index contributed by atoms with van der Waals surface area (Å²) in [7, 11) is 0. The predicted octanol–water partition coefficient (Wildman–Crippen LogP) is 3.67. The van der Waals surface area contributed by atoms with Gasteiger partial charge in [-0.2, -0.15) is 5.10 Å². The molecule has 5 nitrogen and oxygen atoms in total. The number of nitrogens with one attached hydrogen (secondary N) is 3. The minimum atomic E-state index is -0.402. The third-order valence-corrected chi connectivity index (χ3v) is 2.62. The number of anilines is 2. The van der Waals surface area contributed by atoms with Crippen molar-refractivity contribution in [2.45, 2.75) is 6.92 Å². The van der Waals surface area contributed by atoms with Crippen molar-refractivity contribution in [1.29, 1.82) is 0 Å². The zero-order valence-electron chi connectivity index (χ0n) is 9.42. The van der Waals surface area contributed by atoms with Crippen molar-refractivity contribution < 1.29 is 4.79 Å². The Morgan fingerprint density at radius 3 is 2.44 bits per heavy atom. The van der Waals surface area contributed by atoms with Gasteiger partial charge in [0, 0.05) is 21.3 Å². The standard InChI is InChI=1S/C11H10Cl2N4O/c1-6-5-14-17-10(6)16-11(18)15-9-3-7(12)2-8(13)4-9/h2-5H,1H3,(H3,14,15,16,17,18). The lowest BCUT2D eigenvalue weighted by molar-refractivity contribution is 0.262. The number of benzene rings is 1. The smallest absolute Gasteiger partial charge is 0.308 e. The van der Waals surface area contributed by atoms with Crippen LogP contribution in [0.25, 0.3) is 0 Å².